The van der Waals surface area contributed by atoms with Gasteiger partial charge in [-0.3, -0.25) is 0 Å². The summed E-state index contributed by atoms with van der Waals surface area (Å²) in [6.45, 7) is 2.12. The van der Waals surface area contributed by atoms with E-state index in [9.17, 15) is 0 Å². The topological polar surface area (TPSA) is 26.0 Å². The number of benzene rings is 1. The van der Waals surface area contributed by atoms with Gasteiger partial charge in [-0.05, 0) is 24.8 Å². The highest BCUT2D eigenvalue weighted by Crippen LogP contribution is 2.36. The molecular weight excluding hydrogens is 158 g/mol. The SMILES string of the molecule is Cc1cccc([C@H](N)CC2CC2)c1. The van der Waals surface area contributed by atoms with E-state index in [1.807, 2.05) is 0 Å². The molecule has 2 N–H and O–H groups in total. The molecular formula is C12H17N. The summed E-state index contributed by atoms with van der Waals surface area (Å²) in [7, 11) is 0. The van der Waals surface area contributed by atoms with Crippen molar-refractivity contribution in [3.05, 3.63) is 35.4 Å². The summed E-state index contributed by atoms with van der Waals surface area (Å²) in [6, 6.07) is 8.81. The molecule has 2 rings (SSSR count). The van der Waals surface area contributed by atoms with E-state index in [0.29, 0.717) is 0 Å². The zero-order chi connectivity index (χ0) is 9.26. The lowest BCUT2D eigenvalue weighted by Crippen LogP contribution is -2.10. The van der Waals surface area contributed by atoms with Crippen molar-refractivity contribution >= 4 is 0 Å². The first-order valence-electron chi connectivity index (χ1n) is 5.08. The summed E-state index contributed by atoms with van der Waals surface area (Å²) >= 11 is 0. The van der Waals surface area contributed by atoms with E-state index in [4.69, 9.17) is 5.73 Å². The maximum atomic E-state index is 6.10. The molecule has 1 aliphatic rings. The fourth-order valence-electron chi connectivity index (χ4n) is 1.75. The predicted molar refractivity (Wildman–Crippen MR) is 55.4 cm³/mol. The van der Waals surface area contributed by atoms with Crippen LogP contribution in [0.3, 0.4) is 0 Å². The van der Waals surface area contributed by atoms with Crippen LogP contribution < -0.4 is 5.73 Å². The largest absolute Gasteiger partial charge is 0.324 e. The van der Waals surface area contributed by atoms with Crippen LogP contribution >= 0.6 is 0 Å². The maximum absolute atomic E-state index is 6.10. The fourth-order valence-corrected chi connectivity index (χ4v) is 1.75. The van der Waals surface area contributed by atoms with Crippen LogP contribution in [-0.2, 0) is 0 Å². The van der Waals surface area contributed by atoms with Crippen LogP contribution in [0.2, 0.25) is 0 Å². The van der Waals surface area contributed by atoms with Crippen LogP contribution in [0.25, 0.3) is 0 Å². The molecule has 1 saturated carbocycles. The molecule has 0 aromatic heterocycles. The highest BCUT2D eigenvalue weighted by Gasteiger charge is 2.24. The van der Waals surface area contributed by atoms with Gasteiger partial charge in [0.15, 0.2) is 0 Å². The van der Waals surface area contributed by atoms with Crippen LogP contribution in [0.15, 0.2) is 24.3 Å². The number of rotatable bonds is 3. The fraction of sp³-hybridized carbons (Fsp3) is 0.500. The maximum Gasteiger partial charge on any atom is 0.0297 e. The van der Waals surface area contributed by atoms with Gasteiger partial charge in [0.1, 0.15) is 0 Å². The van der Waals surface area contributed by atoms with Crippen molar-refractivity contribution in [1.29, 1.82) is 0 Å². The summed E-state index contributed by atoms with van der Waals surface area (Å²) in [6.07, 6.45) is 3.95. The smallest absolute Gasteiger partial charge is 0.0297 e. The second kappa shape index (κ2) is 3.51. The predicted octanol–water partition coefficient (Wildman–Crippen LogP) is 2.79. The van der Waals surface area contributed by atoms with Crippen molar-refractivity contribution in [2.24, 2.45) is 11.7 Å². The van der Waals surface area contributed by atoms with E-state index in [0.717, 1.165) is 5.92 Å². The Kier molecular flexibility index (Phi) is 2.36. The van der Waals surface area contributed by atoms with E-state index in [1.54, 1.807) is 0 Å². The highest BCUT2D eigenvalue weighted by atomic mass is 14.6. The second-order valence-electron chi connectivity index (χ2n) is 4.20. The van der Waals surface area contributed by atoms with Crippen molar-refractivity contribution in [2.75, 3.05) is 0 Å². The zero-order valence-electron chi connectivity index (χ0n) is 8.16. The van der Waals surface area contributed by atoms with E-state index >= 15 is 0 Å². The lowest BCUT2D eigenvalue weighted by molar-refractivity contribution is 0.597. The van der Waals surface area contributed by atoms with Crippen molar-refractivity contribution in [1.82, 2.24) is 0 Å². The van der Waals surface area contributed by atoms with Gasteiger partial charge in [0.25, 0.3) is 0 Å². The molecule has 0 radical (unpaired) electrons. The molecule has 0 heterocycles. The van der Waals surface area contributed by atoms with Crippen molar-refractivity contribution in [2.45, 2.75) is 32.2 Å². The number of aryl methyl sites for hydroxylation is 1. The molecule has 70 valence electrons. The van der Waals surface area contributed by atoms with E-state index in [-0.39, 0.29) is 6.04 Å². The molecule has 1 fully saturated rings. The normalized spacial score (nSPS) is 18.6. The monoisotopic (exact) mass is 175 g/mol. The van der Waals surface area contributed by atoms with Crippen LogP contribution in [-0.4, -0.2) is 0 Å². The van der Waals surface area contributed by atoms with Gasteiger partial charge in [-0.1, -0.05) is 42.7 Å². The van der Waals surface area contributed by atoms with Crippen molar-refractivity contribution in [3.63, 3.8) is 0 Å². The first-order valence-corrected chi connectivity index (χ1v) is 5.08. The Hall–Kier alpha value is -0.820. The molecule has 0 saturated heterocycles. The standard InChI is InChI=1S/C12H17N/c1-9-3-2-4-11(7-9)12(13)8-10-5-6-10/h2-4,7,10,12H,5-6,8,13H2,1H3/t12-/m1/s1. The lowest BCUT2D eigenvalue weighted by Gasteiger charge is -2.11. The molecule has 0 aliphatic heterocycles. The Morgan fingerprint density at radius 1 is 1.46 bits per heavy atom. The first kappa shape index (κ1) is 8.76. The Bertz CT molecular complexity index is 289. The van der Waals surface area contributed by atoms with Crippen LogP contribution in [0, 0.1) is 12.8 Å². The van der Waals surface area contributed by atoms with Gasteiger partial charge in [-0.2, -0.15) is 0 Å². The third-order valence-corrected chi connectivity index (χ3v) is 2.75. The zero-order valence-corrected chi connectivity index (χ0v) is 8.16. The molecule has 1 aromatic carbocycles. The number of hydrogen-bond donors (Lipinski definition) is 1. The van der Waals surface area contributed by atoms with E-state index in [2.05, 4.69) is 31.2 Å². The molecule has 0 spiro atoms. The molecule has 0 unspecified atom stereocenters. The molecule has 0 bridgehead atoms. The van der Waals surface area contributed by atoms with Crippen LogP contribution in [0.4, 0.5) is 0 Å². The average Bonchev–Trinajstić information content (AvgIpc) is 2.88. The third-order valence-electron chi connectivity index (χ3n) is 2.75. The minimum atomic E-state index is 0.257. The highest BCUT2D eigenvalue weighted by molar-refractivity contribution is 5.24. The molecule has 1 nitrogen and oxygen atoms in total. The minimum Gasteiger partial charge on any atom is -0.324 e. The Labute approximate surface area is 80.0 Å². The average molecular weight is 175 g/mol. The quantitative estimate of drug-likeness (QED) is 0.751. The summed E-state index contributed by atoms with van der Waals surface area (Å²) in [4.78, 5) is 0. The van der Waals surface area contributed by atoms with E-state index in [1.165, 1.54) is 30.4 Å². The second-order valence-corrected chi connectivity index (χ2v) is 4.20. The molecule has 1 atom stereocenters. The molecule has 1 aliphatic carbocycles. The Morgan fingerprint density at radius 3 is 2.85 bits per heavy atom. The van der Waals surface area contributed by atoms with Gasteiger partial charge in [-0.25, -0.2) is 0 Å². The molecule has 1 aromatic rings. The van der Waals surface area contributed by atoms with Gasteiger partial charge >= 0.3 is 0 Å². The number of nitrogens with two attached hydrogens (primary N) is 1. The van der Waals surface area contributed by atoms with Crippen molar-refractivity contribution in [3.8, 4) is 0 Å². The number of hydrogen-bond acceptors (Lipinski definition) is 1. The van der Waals surface area contributed by atoms with Gasteiger partial charge < -0.3 is 5.73 Å². The minimum absolute atomic E-state index is 0.257. The third kappa shape index (κ3) is 2.31. The Morgan fingerprint density at radius 2 is 2.23 bits per heavy atom. The molecule has 13 heavy (non-hydrogen) atoms. The van der Waals surface area contributed by atoms with Gasteiger partial charge in [0.05, 0.1) is 0 Å². The molecule has 0 amide bonds. The van der Waals surface area contributed by atoms with Gasteiger partial charge in [-0.15, -0.1) is 0 Å². The van der Waals surface area contributed by atoms with E-state index < -0.39 is 0 Å². The van der Waals surface area contributed by atoms with Gasteiger partial charge in [0, 0.05) is 6.04 Å². The summed E-state index contributed by atoms with van der Waals surface area (Å²) in [5, 5.41) is 0. The summed E-state index contributed by atoms with van der Waals surface area (Å²) in [5.74, 6) is 0.913. The van der Waals surface area contributed by atoms with Crippen molar-refractivity contribution < 1.29 is 0 Å². The van der Waals surface area contributed by atoms with Crippen LogP contribution in [0.1, 0.15) is 36.4 Å². The van der Waals surface area contributed by atoms with Crippen LogP contribution in [0.5, 0.6) is 0 Å². The van der Waals surface area contributed by atoms with Gasteiger partial charge in [0.2, 0.25) is 0 Å². The summed E-state index contributed by atoms with van der Waals surface area (Å²) < 4.78 is 0. The first-order chi connectivity index (χ1) is 6.25. The lowest BCUT2D eigenvalue weighted by atomic mass is 10.0. The Balaban J connectivity index is 2.04. The molecule has 1 heteroatoms. The summed E-state index contributed by atoms with van der Waals surface area (Å²) in [5.41, 5.74) is 8.71.